The zero-order valence-electron chi connectivity index (χ0n) is 23.1. The number of halogens is 1. The number of carbonyl (C=O) groups is 1. The number of anilines is 1. The number of hydrogen-bond acceptors (Lipinski definition) is 3. The topological polar surface area (TPSA) is 40.5 Å². The fourth-order valence-corrected chi connectivity index (χ4v) is 5.51. The molecular weight excluding hydrogens is 475 g/mol. The second-order valence-corrected chi connectivity index (χ2v) is 10.7. The van der Waals surface area contributed by atoms with Gasteiger partial charge in [-0.1, -0.05) is 30.3 Å². The Morgan fingerprint density at radius 1 is 0.921 bits per heavy atom. The summed E-state index contributed by atoms with van der Waals surface area (Å²) in [4.78, 5) is 17.9. The Bertz CT molecular complexity index is 1460. The predicted octanol–water partition coefficient (Wildman–Crippen LogP) is 6.06. The Balaban J connectivity index is 1.60. The summed E-state index contributed by atoms with van der Waals surface area (Å²) in [5.74, 6) is -0.152. The van der Waals surface area contributed by atoms with Crippen LogP contribution >= 0.6 is 0 Å². The number of aromatic nitrogens is 1. The summed E-state index contributed by atoms with van der Waals surface area (Å²) in [6.07, 6.45) is 0. The van der Waals surface area contributed by atoms with Crippen molar-refractivity contribution in [3.05, 3.63) is 99.5 Å². The standard InChI is InChI=1S/C32H37FN4O/c1-21-7-6-8-22(2)29(21)19-34-30-18-26(32(38)36-15-13-35(5)14-16-36)17-28-23(3)24(4)37(31(28)30)20-25-9-11-27(33)12-10-25/h6-12,17-18,34H,13-16,19-20H2,1-5H3. The van der Waals surface area contributed by atoms with Crippen LogP contribution in [0.5, 0.6) is 0 Å². The second kappa shape index (κ2) is 10.6. The van der Waals surface area contributed by atoms with Crippen molar-refractivity contribution in [2.75, 3.05) is 38.5 Å². The number of nitrogens with zero attached hydrogens (tertiary/aromatic N) is 3. The first-order valence-corrected chi connectivity index (χ1v) is 13.4. The Morgan fingerprint density at radius 2 is 1.58 bits per heavy atom. The Morgan fingerprint density at radius 3 is 2.24 bits per heavy atom. The number of fused-ring (bicyclic) bond motifs is 1. The summed E-state index contributed by atoms with van der Waals surface area (Å²) in [5, 5.41) is 4.78. The van der Waals surface area contributed by atoms with Crippen LogP contribution in [0.2, 0.25) is 0 Å². The van der Waals surface area contributed by atoms with Crippen LogP contribution in [0.1, 0.15) is 43.9 Å². The molecule has 1 saturated heterocycles. The van der Waals surface area contributed by atoms with E-state index in [0.29, 0.717) is 18.7 Å². The van der Waals surface area contributed by atoms with Crippen molar-refractivity contribution in [3.63, 3.8) is 0 Å². The maximum absolute atomic E-state index is 13.6. The number of aryl methyl sites for hydroxylation is 3. The zero-order chi connectivity index (χ0) is 27.0. The first kappa shape index (κ1) is 26.0. The van der Waals surface area contributed by atoms with Gasteiger partial charge in [-0.3, -0.25) is 4.79 Å². The third kappa shape index (κ3) is 5.05. The zero-order valence-corrected chi connectivity index (χ0v) is 23.1. The molecule has 5 rings (SSSR count). The summed E-state index contributed by atoms with van der Waals surface area (Å²) in [5.41, 5.74) is 9.82. The molecule has 2 heterocycles. The average Bonchev–Trinajstić information content (AvgIpc) is 3.14. The molecule has 38 heavy (non-hydrogen) atoms. The number of likely N-dealkylation sites (N-methyl/N-ethyl adjacent to an activating group) is 1. The largest absolute Gasteiger partial charge is 0.379 e. The van der Waals surface area contributed by atoms with Gasteiger partial charge in [-0.2, -0.15) is 0 Å². The Hall–Kier alpha value is -3.64. The number of rotatable bonds is 6. The van der Waals surface area contributed by atoms with E-state index in [1.807, 2.05) is 23.1 Å². The van der Waals surface area contributed by atoms with Gasteiger partial charge in [0.1, 0.15) is 5.82 Å². The first-order chi connectivity index (χ1) is 18.2. The minimum absolute atomic E-state index is 0.0819. The van der Waals surface area contributed by atoms with E-state index in [2.05, 4.69) is 73.8 Å². The van der Waals surface area contributed by atoms with Gasteiger partial charge < -0.3 is 19.7 Å². The van der Waals surface area contributed by atoms with Gasteiger partial charge >= 0.3 is 0 Å². The molecular formula is C32H37FN4O. The fourth-order valence-electron chi connectivity index (χ4n) is 5.51. The Labute approximate surface area is 224 Å². The van der Waals surface area contributed by atoms with Crippen molar-refractivity contribution in [1.82, 2.24) is 14.4 Å². The van der Waals surface area contributed by atoms with Gasteiger partial charge in [-0.05, 0) is 86.8 Å². The predicted molar refractivity (Wildman–Crippen MR) is 154 cm³/mol. The van der Waals surface area contributed by atoms with Crippen molar-refractivity contribution in [2.24, 2.45) is 0 Å². The Kier molecular flexibility index (Phi) is 7.26. The van der Waals surface area contributed by atoms with Crippen LogP contribution in [0, 0.1) is 33.5 Å². The van der Waals surface area contributed by atoms with Crippen LogP contribution in [-0.2, 0) is 13.1 Å². The van der Waals surface area contributed by atoms with Gasteiger partial charge in [0.15, 0.2) is 0 Å². The van der Waals surface area contributed by atoms with E-state index in [1.165, 1.54) is 28.8 Å². The summed E-state index contributed by atoms with van der Waals surface area (Å²) in [7, 11) is 2.10. The van der Waals surface area contributed by atoms with Gasteiger partial charge in [-0.25, -0.2) is 4.39 Å². The summed E-state index contributed by atoms with van der Waals surface area (Å²) in [6, 6.07) is 17.1. The maximum atomic E-state index is 13.6. The van der Waals surface area contributed by atoms with Crippen LogP contribution in [0.15, 0.2) is 54.6 Å². The molecule has 0 spiro atoms. The molecule has 0 unspecified atom stereocenters. The molecule has 1 aromatic heterocycles. The highest BCUT2D eigenvalue weighted by Crippen LogP contribution is 2.34. The molecule has 0 aliphatic carbocycles. The van der Waals surface area contributed by atoms with Gasteiger partial charge in [-0.15, -0.1) is 0 Å². The molecule has 5 nitrogen and oxygen atoms in total. The first-order valence-electron chi connectivity index (χ1n) is 13.4. The highest BCUT2D eigenvalue weighted by Gasteiger charge is 2.24. The molecule has 0 radical (unpaired) electrons. The van der Waals surface area contributed by atoms with Crippen molar-refractivity contribution in [2.45, 2.75) is 40.8 Å². The van der Waals surface area contributed by atoms with Crippen LogP contribution < -0.4 is 5.32 Å². The van der Waals surface area contributed by atoms with E-state index in [4.69, 9.17) is 0 Å². The van der Waals surface area contributed by atoms with Crippen LogP contribution in [-0.4, -0.2) is 53.5 Å². The SMILES string of the molecule is Cc1cccc(C)c1CNc1cc(C(=O)N2CCN(C)CC2)cc2c(C)c(C)n(Cc3ccc(F)cc3)c12. The molecule has 0 saturated carbocycles. The van der Waals surface area contributed by atoms with Crippen molar-refractivity contribution < 1.29 is 9.18 Å². The monoisotopic (exact) mass is 512 g/mol. The number of carbonyl (C=O) groups excluding carboxylic acids is 1. The summed E-state index contributed by atoms with van der Waals surface area (Å²) in [6.45, 7) is 13.1. The second-order valence-electron chi connectivity index (χ2n) is 10.7. The quantitative estimate of drug-likeness (QED) is 0.341. The minimum Gasteiger partial charge on any atom is -0.379 e. The molecule has 4 aromatic rings. The highest BCUT2D eigenvalue weighted by molar-refractivity contribution is 6.04. The van der Waals surface area contributed by atoms with E-state index >= 15 is 0 Å². The minimum atomic E-state index is -0.234. The number of amides is 1. The van der Waals surface area contributed by atoms with E-state index in [9.17, 15) is 9.18 Å². The number of nitrogens with one attached hydrogen (secondary N) is 1. The molecule has 198 valence electrons. The number of hydrogen-bond donors (Lipinski definition) is 1. The van der Waals surface area contributed by atoms with Crippen molar-refractivity contribution in [3.8, 4) is 0 Å². The van der Waals surface area contributed by atoms with E-state index in [-0.39, 0.29) is 11.7 Å². The van der Waals surface area contributed by atoms with Crippen molar-refractivity contribution >= 4 is 22.5 Å². The summed E-state index contributed by atoms with van der Waals surface area (Å²) < 4.78 is 15.9. The van der Waals surface area contributed by atoms with Gasteiger partial charge in [0.2, 0.25) is 0 Å². The lowest BCUT2D eigenvalue weighted by atomic mass is 10.0. The lowest BCUT2D eigenvalue weighted by Crippen LogP contribution is -2.47. The van der Waals surface area contributed by atoms with E-state index < -0.39 is 0 Å². The normalized spacial score (nSPS) is 14.3. The molecule has 1 amide bonds. The van der Waals surface area contributed by atoms with Gasteiger partial charge in [0, 0.05) is 55.9 Å². The third-order valence-electron chi connectivity index (χ3n) is 8.12. The number of piperazine rings is 1. The lowest BCUT2D eigenvalue weighted by Gasteiger charge is -2.32. The molecule has 1 N–H and O–H groups in total. The van der Waals surface area contributed by atoms with Crippen LogP contribution in [0.4, 0.5) is 10.1 Å². The summed E-state index contributed by atoms with van der Waals surface area (Å²) >= 11 is 0. The third-order valence-corrected chi connectivity index (χ3v) is 8.12. The van der Waals surface area contributed by atoms with Crippen LogP contribution in [0.25, 0.3) is 10.9 Å². The molecule has 1 aliphatic heterocycles. The molecule has 0 atom stereocenters. The van der Waals surface area contributed by atoms with E-state index in [0.717, 1.165) is 59.6 Å². The van der Waals surface area contributed by atoms with Gasteiger partial charge in [0.05, 0.1) is 11.2 Å². The van der Waals surface area contributed by atoms with Crippen LogP contribution in [0.3, 0.4) is 0 Å². The van der Waals surface area contributed by atoms with Crippen molar-refractivity contribution in [1.29, 1.82) is 0 Å². The fraction of sp³-hybridized carbons (Fsp3) is 0.344. The van der Waals surface area contributed by atoms with Gasteiger partial charge in [0.25, 0.3) is 5.91 Å². The molecule has 6 heteroatoms. The number of benzene rings is 3. The molecule has 0 bridgehead atoms. The lowest BCUT2D eigenvalue weighted by molar-refractivity contribution is 0.0664. The highest BCUT2D eigenvalue weighted by atomic mass is 19.1. The molecule has 1 aliphatic rings. The van der Waals surface area contributed by atoms with E-state index in [1.54, 1.807) is 0 Å². The maximum Gasteiger partial charge on any atom is 0.254 e. The average molecular weight is 513 g/mol. The molecule has 3 aromatic carbocycles. The smallest absolute Gasteiger partial charge is 0.254 e. The molecule has 1 fully saturated rings.